The number of benzene rings is 1. The van der Waals surface area contributed by atoms with Crippen molar-refractivity contribution in [3.8, 4) is 0 Å². The molecule has 0 heterocycles. The van der Waals surface area contributed by atoms with Gasteiger partial charge in [0.05, 0.1) is 17.0 Å². The Balaban J connectivity index is 2.19. The Hall–Kier alpha value is -0.950. The summed E-state index contributed by atoms with van der Waals surface area (Å²) >= 11 is 0. The first-order valence-corrected chi connectivity index (χ1v) is 8.62. The van der Waals surface area contributed by atoms with Crippen molar-refractivity contribution in [3.05, 3.63) is 29.8 Å². The van der Waals surface area contributed by atoms with Crippen LogP contribution in [0.25, 0.3) is 0 Å². The van der Waals surface area contributed by atoms with Gasteiger partial charge in [-0.1, -0.05) is 12.1 Å². The molecule has 1 aliphatic rings. The molecule has 0 aliphatic heterocycles. The molecule has 0 saturated heterocycles. The first-order valence-electron chi connectivity index (χ1n) is 7.18. The number of aliphatic hydroxyl groups is 1. The van der Waals surface area contributed by atoms with Gasteiger partial charge in [-0.15, -0.1) is 0 Å². The highest BCUT2D eigenvalue weighted by molar-refractivity contribution is 7.89. The summed E-state index contributed by atoms with van der Waals surface area (Å²) < 4.78 is 25.3. The van der Waals surface area contributed by atoms with Gasteiger partial charge in [0, 0.05) is 14.1 Å². The van der Waals surface area contributed by atoms with E-state index in [-0.39, 0.29) is 11.5 Å². The largest absolute Gasteiger partial charge is 0.394 e. The van der Waals surface area contributed by atoms with Crippen molar-refractivity contribution in [1.29, 1.82) is 0 Å². The van der Waals surface area contributed by atoms with E-state index in [4.69, 9.17) is 0 Å². The van der Waals surface area contributed by atoms with Gasteiger partial charge >= 0.3 is 0 Å². The van der Waals surface area contributed by atoms with E-state index in [2.05, 4.69) is 5.32 Å². The number of hydrogen-bond acceptors (Lipinski definition) is 4. The summed E-state index contributed by atoms with van der Waals surface area (Å²) in [5.41, 5.74) is 0.353. The van der Waals surface area contributed by atoms with Gasteiger partial charge in [0.15, 0.2) is 0 Å². The third-order valence-corrected chi connectivity index (χ3v) is 5.89. The van der Waals surface area contributed by atoms with E-state index in [1.807, 2.05) is 6.92 Å². The van der Waals surface area contributed by atoms with E-state index in [0.29, 0.717) is 5.92 Å². The fourth-order valence-electron chi connectivity index (χ4n) is 2.15. The first kappa shape index (κ1) is 16.4. The number of sulfonamides is 1. The number of aliphatic hydroxyl groups excluding tert-OH is 1. The SMILES string of the molecule is CN(C)S(=O)(=O)c1ccc(C(C)(CO)NCC2CC2)cc1. The van der Waals surface area contributed by atoms with Gasteiger partial charge < -0.3 is 10.4 Å². The lowest BCUT2D eigenvalue weighted by atomic mass is 9.93. The third kappa shape index (κ3) is 3.63. The zero-order valence-electron chi connectivity index (χ0n) is 12.8. The first-order chi connectivity index (χ1) is 9.79. The highest BCUT2D eigenvalue weighted by atomic mass is 32.2. The molecule has 1 aromatic rings. The van der Waals surface area contributed by atoms with E-state index >= 15 is 0 Å². The molecule has 118 valence electrons. The van der Waals surface area contributed by atoms with Crippen LogP contribution < -0.4 is 5.32 Å². The molecule has 1 saturated carbocycles. The molecule has 5 nitrogen and oxygen atoms in total. The van der Waals surface area contributed by atoms with E-state index in [1.165, 1.54) is 31.2 Å². The summed E-state index contributed by atoms with van der Waals surface area (Å²) in [6.45, 7) is 2.79. The van der Waals surface area contributed by atoms with Gasteiger partial charge in [-0.05, 0) is 49.9 Å². The summed E-state index contributed by atoms with van der Waals surface area (Å²) in [6, 6.07) is 6.73. The van der Waals surface area contributed by atoms with Gasteiger partial charge in [-0.2, -0.15) is 0 Å². The van der Waals surface area contributed by atoms with Crippen LogP contribution in [0.1, 0.15) is 25.3 Å². The average Bonchev–Trinajstić information content (AvgIpc) is 3.29. The Morgan fingerprint density at radius 2 is 1.86 bits per heavy atom. The minimum Gasteiger partial charge on any atom is -0.394 e. The maximum absolute atomic E-state index is 12.0. The summed E-state index contributed by atoms with van der Waals surface area (Å²) in [6.07, 6.45) is 2.49. The summed E-state index contributed by atoms with van der Waals surface area (Å²) in [4.78, 5) is 0.263. The molecule has 1 aromatic carbocycles. The van der Waals surface area contributed by atoms with E-state index < -0.39 is 15.6 Å². The minimum atomic E-state index is -3.41. The van der Waals surface area contributed by atoms with Crippen LogP contribution in [0.3, 0.4) is 0 Å². The predicted octanol–water partition coefficient (Wildman–Crippen LogP) is 1.14. The molecule has 1 fully saturated rings. The van der Waals surface area contributed by atoms with Crippen LogP contribution >= 0.6 is 0 Å². The Morgan fingerprint density at radius 1 is 1.29 bits per heavy atom. The van der Waals surface area contributed by atoms with Crippen molar-refractivity contribution in [2.45, 2.75) is 30.2 Å². The Kier molecular flexibility index (Phi) is 4.72. The van der Waals surface area contributed by atoms with Gasteiger partial charge in [-0.3, -0.25) is 0 Å². The molecular weight excluding hydrogens is 288 g/mol. The number of nitrogens with zero attached hydrogens (tertiary/aromatic N) is 1. The monoisotopic (exact) mass is 312 g/mol. The molecule has 0 spiro atoms. The number of nitrogens with one attached hydrogen (secondary N) is 1. The van der Waals surface area contributed by atoms with Crippen LogP contribution in [-0.4, -0.2) is 45.1 Å². The smallest absolute Gasteiger partial charge is 0.242 e. The number of hydrogen-bond donors (Lipinski definition) is 2. The van der Waals surface area contributed by atoms with E-state index in [0.717, 1.165) is 12.1 Å². The topological polar surface area (TPSA) is 69.6 Å². The summed E-state index contributed by atoms with van der Waals surface area (Å²) in [7, 11) is -0.387. The number of rotatable bonds is 7. The highest BCUT2D eigenvalue weighted by Crippen LogP contribution is 2.30. The lowest BCUT2D eigenvalue weighted by Gasteiger charge is -2.30. The predicted molar refractivity (Wildman–Crippen MR) is 82.5 cm³/mol. The lowest BCUT2D eigenvalue weighted by Crippen LogP contribution is -2.43. The quantitative estimate of drug-likeness (QED) is 0.792. The molecule has 0 aromatic heterocycles. The zero-order valence-corrected chi connectivity index (χ0v) is 13.7. The second-order valence-corrected chi connectivity index (χ2v) is 8.28. The van der Waals surface area contributed by atoms with Crippen LogP contribution in [0.2, 0.25) is 0 Å². The van der Waals surface area contributed by atoms with Crippen molar-refractivity contribution < 1.29 is 13.5 Å². The summed E-state index contributed by atoms with van der Waals surface area (Å²) in [5, 5.41) is 13.1. The lowest BCUT2D eigenvalue weighted by molar-refractivity contribution is 0.174. The third-order valence-electron chi connectivity index (χ3n) is 4.06. The molecule has 1 atom stereocenters. The molecule has 1 aliphatic carbocycles. The molecule has 1 unspecified atom stereocenters. The standard InChI is InChI=1S/C15H24N2O3S/c1-15(11-18,16-10-12-4-5-12)13-6-8-14(9-7-13)21(19,20)17(2)3/h6-9,12,16,18H,4-5,10-11H2,1-3H3. The van der Waals surface area contributed by atoms with E-state index in [1.54, 1.807) is 24.3 Å². The highest BCUT2D eigenvalue weighted by Gasteiger charge is 2.30. The van der Waals surface area contributed by atoms with Crippen LogP contribution in [0.4, 0.5) is 0 Å². The molecule has 21 heavy (non-hydrogen) atoms. The molecule has 6 heteroatoms. The molecular formula is C15H24N2O3S. The molecule has 0 bridgehead atoms. The van der Waals surface area contributed by atoms with Gasteiger partial charge in [0.2, 0.25) is 10.0 Å². The van der Waals surface area contributed by atoms with Crippen LogP contribution in [0, 0.1) is 5.92 Å². The molecule has 2 N–H and O–H groups in total. The molecule has 0 radical (unpaired) electrons. The van der Waals surface area contributed by atoms with Crippen molar-refractivity contribution in [2.24, 2.45) is 5.92 Å². The maximum Gasteiger partial charge on any atom is 0.242 e. The fraction of sp³-hybridized carbons (Fsp3) is 0.600. The van der Waals surface area contributed by atoms with Crippen LogP contribution in [-0.2, 0) is 15.6 Å². The van der Waals surface area contributed by atoms with Gasteiger partial charge in [0.25, 0.3) is 0 Å². The van der Waals surface area contributed by atoms with Crippen LogP contribution in [0.5, 0.6) is 0 Å². The normalized spacial score (nSPS) is 18.7. The van der Waals surface area contributed by atoms with Crippen molar-refractivity contribution >= 4 is 10.0 Å². The van der Waals surface area contributed by atoms with Crippen molar-refractivity contribution in [2.75, 3.05) is 27.2 Å². The fourth-order valence-corrected chi connectivity index (χ4v) is 3.05. The maximum atomic E-state index is 12.0. The van der Waals surface area contributed by atoms with Gasteiger partial charge in [0.1, 0.15) is 0 Å². The zero-order chi connectivity index (χ0) is 15.7. The van der Waals surface area contributed by atoms with Crippen LogP contribution in [0.15, 0.2) is 29.2 Å². The Labute approximate surface area is 127 Å². The second-order valence-electron chi connectivity index (χ2n) is 6.13. The molecule has 2 rings (SSSR count). The van der Waals surface area contributed by atoms with E-state index in [9.17, 15) is 13.5 Å². The summed E-state index contributed by atoms with van der Waals surface area (Å²) in [5.74, 6) is 0.712. The van der Waals surface area contributed by atoms with Crippen molar-refractivity contribution in [1.82, 2.24) is 9.62 Å². The average molecular weight is 312 g/mol. The minimum absolute atomic E-state index is 0.0283. The van der Waals surface area contributed by atoms with Crippen molar-refractivity contribution in [3.63, 3.8) is 0 Å². The second kappa shape index (κ2) is 6.04. The Morgan fingerprint density at radius 3 is 2.29 bits per heavy atom. The van der Waals surface area contributed by atoms with Gasteiger partial charge in [-0.25, -0.2) is 12.7 Å². The Bertz CT molecular complexity index is 579. The molecule has 0 amide bonds.